The van der Waals surface area contributed by atoms with Crippen LogP contribution < -0.4 is 0 Å². The van der Waals surface area contributed by atoms with Crippen molar-refractivity contribution in [3.8, 4) is 0 Å². The summed E-state index contributed by atoms with van der Waals surface area (Å²) in [5.41, 5.74) is 1.22. The summed E-state index contributed by atoms with van der Waals surface area (Å²) in [6.07, 6.45) is 0.474. The number of rotatable bonds is 6. The summed E-state index contributed by atoms with van der Waals surface area (Å²) in [5.74, 6) is -3.22. The monoisotopic (exact) mass is 488 g/mol. The first-order chi connectivity index (χ1) is 17.0. The molecule has 8 heteroatoms. The average Bonchev–Trinajstić information content (AvgIpc) is 2.86. The summed E-state index contributed by atoms with van der Waals surface area (Å²) in [5, 5.41) is 20.0. The van der Waals surface area contributed by atoms with Crippen LogP contribution in [-0.2, 0) is 19.2 Å². The van der Waals surface area contributed by atoms with Crippen molar-refractivity contribution in [2.45, 2.75) is 39.5 Å². The lowest BCUT2D eigenvalue weighted by Crippen LogP contribution is -2.24. The molecule has 2 N–H and O–H groups in total. The number of ketones is 6. The summed E-state index contributed by atoms with van der Waals surface area (Å²) < 4.78 is 0. The molecule has 0 saturated carbocycles. The van der Waals surface area contributed by atoms with Crippen LogP contribution in [0.15, 0.2) is 59.7 Å². The maximum atomic E-state index is 11.8. The van der Waals surface area contributed by atoms with Gasteiger partial charge >= 0.3 is 0 Å². The lowest BCUT2D eigenvalue weighted by molar-refractivity contribution is -0.118. The first-order valence-electron chi connectivity index (χ1n) is 11.2. The van der Waals surface area contributed by atoms with Crippen LogP contribution in [0.5, 0.6) is 0 Å². The predicted molar refractivity (Wildman–Crippen MR) is 130 cm³/mol. The Kier molecular flexibility index (Phi) is 7.89. The van der Waals surface area contributed by atoms with Crippen LogP contribution in [0.4, 0.5) is 0 Å². The van der Waals surface area contributed by atoms with E-state index in [0.29, 0.717) is 11.1 Å². The largest absolute Gasteiger partial charge is 0.507 e. The van der Waals surface area contributed by atoms with Gasteiger partial charge in [-0.1, -0.05) is 48.5 Å². The second-order valence-electron chi connectivity index (χ2n) is 8.47. The van der Waals surface area contributed by atoms with Crippen LogP contribution >= 0.6 is 0 Å². The number of aliphatic hydroxyl groups is 2. The number of fused-ring (bicyclic) bond motifs is 2. The maximum Gasteiger partial charge on any atom is 0.234 e. The number of aliphatic hydroxyl groups excluding tert-OH is 2. The summed E-state index contributed by atoms with van der Waals surface area (Å²) in [6, 6.07) is 12.8. The molecule has 0 unspecified atom stereocenters. The summed E-state index contributed by atoms with van der Waals surface area (Å²) in [4.78, 5) is 69.2. The van der Waals surface area contributed by atoms with Crippen molar-refractivity contribution < 1.29 is 39.0 Å². The van der Waals surface area contributed by atoms with Gasteiger partial charge in [-0.2, -0.15) is 0 Å². The molecule has 184 valence electrons. The highest BCUT2D eigenvalue weighted by Crippen LogP contribution is 2.31. The summed E-state index contributed by atoms with van der Waals surface area (Å²) in [7, 11) is 0. The number of carbonyl (C=O) groups is 6. The molecule has 0 radical (unpaired) electrons. The number of carbonyl (C=O) groups excluding carboxylic acids is 6. The fourth-order valence-electron chi connectivity index (χ4n) is 3.90. The third-order valence-electron chi connectivity index (χ3n) is 5.84. The molecule has 0 atom stereocenters. The van der Waals surface area contributed by atoms with Gasteiger partial charge in [0.05, 0.1) is 0 Å². The zero-order valence-electron chi connectivity index (χ0n) is 19.8. The van der Waals surface area contributed by atoms with E-state index in [4.69, 9.17) is 0 Å². The standard InChI is InChI=1S/2C14H12O4/c2*1-8(15)6-7-11-12(16)9-4-2-3-5-10(9)13(17)14(11)18/h2*2-5,16H,6-7H2,1H3. The second kappa shape index (κ2) is 10.9. The predicted octanol–water partition coefficient (Wildman–Crippen LogP) is 4.18. The van der Waals surface area contributed by atoms with Crippen LogP contribution in [0.2, 0.25) is 0 Å². The lowest BCUT2D eigenvalue weighted by Gasteiger charge is -2.17. The molecule has 2 aromatic carbocycles. The molecule has 36 heavy (non-hydrogen) atoms. The molecule has 2 aliphatic rings. The van der Waals surface area contributed by atoms with Crippen molar-refractivity contribution in [2.75, 3.05) is 0 Å². The third-order valence-corrected chi connectivity index (χ3v) is 5.84. The van der Waals surface area contributed by atoms with Crippen LogP contribution in [-0.4, -0.2) is 44.9 Å². The van der Waals surface area contributed by atoms with Gasteiger partial charge < -0.3 is 19.8 Å². The Bertz CT molecular complexity index is 1270. The Balaban J connectivity index is 0.000000201. The molecular formula is C28H24O8. The van der Waals surface area contributed by atoms with Crippen molar-refractivity contribution in [3.05, 3.63) is 81.9 Å². The van der Waals surface area contributed by atoms with E-state index in [1.807, 2.05) is 0 Å². The second-order valence-corrected chi connectivity index (χ2v) is 8.47. The van der Waals surface area contributed by atoms with E-state index in [2.05, 4.69) is 0 Å². The van der Waals surface area contributed by atoms with Gasteiger partial charge in [0, 0.05) is 46.2 Å². The van der Waals surface area contributed by atoms with Gasteiger partial charge in [0.2, 0.25) is 23.1 Å². The Labute approximate surface area is 207 Å². The first kappa shape index (κ1) is 26.2. The molecule has 2 aromatic rings. The van der Waals surface area contributed by atoms with E-state index < -0.39 is 23.1 Å². The van der Waals surface area contributed by atoms with Crippen molar-refractivity contribution in [2.24, 2.45) is 0 Å². The van der Waals surface area contributed by atoms with E-state index >= 15 is 0 Å². The number of allylic oxidation sites excluding steroid dienone is 2. The van der Waals surface area contributed by atoms with Crippen LogP contribution in [0.25, 0.3) is 11.5 Å². The normalized spacial score (nSPS) is 14.7. The van der Waals surface area contributed by atoms with E-state index in [9.17, 15) is 39.0 Å². The molecule has 2 aliphatic carbocycles. The van der Waals surface area contributed by atoms with Crippen molar-refractivity contribution in [1.82, 2.24) is 0 Å². The SMILES string of the molecule is CC(=O)CCC1=C(O)c2ccccc2C(=O)C1=O.CC(=O)CCC1=C(O)c2ccccc2C(=O)C1=O. The topological polar surface area (TPSA) is 143 Å². The van der Waals surface area contributed by atoms with Crippen LogP contribution in [0, 0.1) is 0 Å². The Morgan fingerprint density at radius 3 is 1.17 bits per heavy atom. The number of hydrogen-bond donors (Lipinski definition) is 2. The van der Waals surface area contributed by atoms with Crippen molar-refractivity contribution in [1.29, 1.82) is 0 Å². The molecular weight excluding hydrogens is 464 g/mol. The molecule has 0 bridgehead atoms. The highest BCUT2D eigenvalue weighted by Gasteiger charge is 2.33. The lowest BCUT2D eigenvalue weighted by atomic mass is 9.86. The molecule has 0 saturated heterocycles. The van der Waals surface area contributed by atoms with E-state index in [1.54, 1.807) is 36.4 Å². The zero-order chi connectivity index (χ0) is 26.6. The molecule has 0 aromatic heterocycles. The van der Waals surface area contributed by atoms with Crippen molar-refractivity contribution in [3.63, 3.8) is 0 Å². The Morgan fingerprint density at radius 1 is 0.556 bits per heavy atom. The summed E-state index contributed by atoms with van der Waals surface area (Å²) >= 11 is 0. The molecule has 0 spiro atoms. The summed E-state index contributed by atoms with van der Waals surface area (Å²) in [6.45, 7) is 2.81. The van der Waals surface area contributed by atoms with E-state index in [1.165, 1.54) is 26.0 Å². The minimum Gasteiger partial charge on any atom is -0.507 e. The van der Waals surface area contributed by atoms with Gasteiger partial charge in [0.15, 0.2) is 0 Å². The average molecular weight is 488 g/mol. The number of benzene rings is 2. The number of Topliss-reactive ketones (excluding diaryl/α,β-unsaturated/α-hetero) is 6. The van der Waals surface area contributed by atoms with E-state index in [0.717, 1.165) is 0 Å². The third kappa shape index (κ3) is 5.27. The van der Waals surface area contributed by atoms with Gasteiger partial charge in [-0.05, 0) is 26.7 Å². The minimum atomic E-state index is -0.715. The van der Waals surface area contributed by atoms with Crippen LogP contribution in [0.1, 0.15) is 71.4 Å². The fourth-order valence-corrected chi connectivity index (χ4v) is 3.90. The maximum absolute atomic E-state index is 11.8. The highest BCUT2D eigenvalue weighted by atomic mass is 16.3. The zero-order valence-corrected chi connectivity index (χ0v) is 19.8. The van der Waals surface area contributed by atoms with Gasteiger partial charge in [-0.15, -0.1) is 0 Å². The smallest absolute Gasteiger partial charge is 0.234 e. The van der Waals surface area contributed by atoms with Gasteiger partial charge in [-0.3, -0.25) is 19.2 Å². The fraction of sp³-hybridized carbons (Fsp3) is 0.214. The first-order valence-corrected chi connectivity index (χ1v) is 11.2. The Hall–Kier alpha value is -4.46. The quantitative estimate of drug-likeness (QED) is 0.577. The molecule has 4 rings (SSSR count). The highest BCUT2D eigenvalue weighted by molar-refractivity contribution is 6.52. The van der Waals surface area contributed by atoms with E-state index in [-0.39, 0.29) is 71.0 Å². The minimum absolute atomic E-state index is 0.0360. The van der Waals surface area contributed by atoms with Gasteiger partial charge in [0.1, 0.15) is 23.1 Å². The molecule has 0 heterocycles. The van der Waals surface area contributed by atoms with Crippen LogP contribution in [0.3, 0.4) is 0 Å². The molecule has 0 aliphatic heterocycles. The molecule has 0 amide bonds. The van der Waals surface area contributed by atoms with Gasteiger partial charge in [-0.25, -0.2) is 0 Å². The molecule has 0 fully saturated rings. The molecule has 8 nitrogen and oxygen atoms in total. The number of hydrogen-bond acceptors (Lipinski definition) is 8. The van der Waals surface area contributed by atoms with Gasteiger partial charge in [0.25, 0.3) is 0 Å². The Morgan fingerprint density at radius 2 is 0.861 bits per heavy atom. The van der Waals surface area contributed by atoms with Crippen molar-refractivity contribution >= 4 is 46.2 Å².